The van der Waals surface area contributed by atoms with Crippen LogP contribution in [0.2, 0.25) is 0 Å². The third-order valence-corrected chi connectivity index (χ3v) is 5.48. The fourth-order valence-corrected chi connectivity index (χ4v) is 3.99. The number of carbonyl (C=O) groups is 1. The molecule has 2 aromatic heterocycles. The summed E-state index contributed by atoms with van der Waals surface area (Å²) in [7, 11) is 1.95. The van der Waals surface area contributed by atoms with Crippen molar-refractivity contribution in [1.29, 1.82) is 0 Å². The lowest BCUT2D eigenvalue weighted by Crippen LogP contribution is -2.39. The normalized spacial score (nSPS) is 17.7. The molecule has 0 radical (unpaired) electrons. The van der Waals surface area contributed by atoms with E-state index in [2.05, 4.69) is 33.7 Å². The lowest BCUT2D eigenvalue weighted by atomic mass is 9.99. The zero-order valence-electron chi connectivity index (χ0n) is 16.4. The van der Waals surface area contributed by atoms with Gasteiger partial charge in [0, 0.05) is 32.3 Å². The largest absolute Gasteiger partial charge is 0.332 e. The quantitative estimate of drug-likeness (QED) is 0.796. The molecule has 2 aromatic rings. The van der Waals surface area contributed by atoms with Crippen molar-refractivity contribution in [2.45, 2.75) is 71.9 Å². The zero-order chi connectivity index (χ0) is 18.7. The van der Waals surface area contributed by atoms with Crippen molar-refractivity contribution < 1.29 is 4.79 Å². The predicted molar refractivity (Wildman–Crippen MR) is 99.6 cm³/mol. The number of nitrogens with zero attached hydrogens (tertiary/aromatic N) is 6. The Bertz CT molecular complexity index is 762. The minimum Gasteiger partial charge on any atom is -0.332 e. The second kappa shape index (κ2) is 8.01. The summed E-state index contributed by atoms with van der Waals surface area (Å²) in [5.74, 6) is 1.15. The molecule has 26 heavy (non-hydrogen) atoms. The van der Waals surface area contributed by atoms with Gasteiger partial charge in [-0.15, -0.1) is 10.2 Å². The Hall–Kier alpha value is -2.18. The van der Waals surface area contributed by atoms with E-state index in [0.29, 0.717) is 6.42 Å². The highest BCUT2D eigenvalue weighted by Gasteiger charge is 2.31. The maximum atomic E-state index is 13.0. The molecule has 1 atom stereocenters. The molecular weight excluding hydrogens is 328 g/mol. The molecule has 0 bridgehead atoms. The lowest BCUT2D eigenvalue weighted by Gasteiger charge is -2.35. The van der Waals surface area contributed by atoms with E-state index in [-0.39, 0.29) is 11.9 Å². The Balaban J connectivity index is 1.72. The molecule has 1 saturated heterocycles. The topological polar surface area (TPSA) is 68.8 Å². The maximum Gasteiger partial charge on any atom is 0.223 e. The van der Waals surface area contributed by atoms with Gasteiger partial charge in [-0.05, 0) is 51.5 Å². The fourth-order valence-electron chi connectivity index (χ4n) is 3.99. The van der Waals surface area contributed by atoms with Crippen molar-refractivity contribution >= 4 is 5.91 Å². The van der Waals surface area contributed by atoms with Crippen LogP contribution in [0.4, 0.5) is 0 Å². The molecule has 0 saturated carbocycles. The molecule has 0 unspecified atom stereocenters. The van der Waals surface area contributed by atoms with Crippen LogP contribution in [0.25, 0.3) is 0 Å². The van der Waals surface area contributed by atoms with Crippen LogP contribution in [-0.4, -0.2) is 41.9 Å². The molecule has 1 amide bonds. The number of aromatic nitrogens is 5. The van der Waals surface area contributed by atoms with Gasteiger partial charge in [-0.1, -0.05) is 6.92 Å². The summed E-state index contributed by atoms with van der Waals surface area (Å²) in [5, 5.41) is 12.9. The second-order valence-electron chi connectivity index (χ2n) is 7.25. The lowest BCUT2D eigenvalue weighted by molar-refractivity contribution is -0.135. The number of carbonyl (C=O) groups excluding carboxylic acids is 1. The Labute approximate surface area is 155 Å². The number of rotatable bonds is 6. The molecule has 7 heteroatoms. The van der Waals surface area contributed by atoms with Crippen molar-refractivity contribution in [3.63, 3.8) is 0 Å². The molecule has 0 N–H and O–H groups in total. The minimum atomic E-state index is 0.0568. The van der Waals surface area contributed by atoms with Gasteiger partial charge >= 0.3 is 0 Å². The van der Waals surface area contributed by atoms with E-state index >= 15 is 0 Å². The fraction of sp³-hybridized carbons (Fsp3) is 0.684. The van der Waals surface area contributed by atoms with E-state index in [0.717, 1.165) is 62.4 Å². The highest BCUT2D eigenvalue weighted by molar-refractivity contribution is 5.77. The third-order valence-electron chi connectivity index (χ3n) is 5.48. The summed E-state index contributed by atoms with van der Waals surface area (Å²) in [5.41, 5.74) is 3.37. The smallest absolute Gasteiger partial charge is 0.223 e. The van der Waals surface area contributed by atoms with E-state index in [1.54, 1.807) is 6.33 Å². The van der Waals surface area contributed by atoms with Gasteiger partial charge in [-0.25, -0.2) is 0 Å². The number of aryl methyl sites for hydroxylation is 3. The number of amides is 1. The van der Waals surface area contributed by atoms with Gasteiger partial charge in [-0.3, -0.25) is 9.48 Å². The van der Waals surface area contributed by atoms with E-state index in [9.17, 15) is 4.79 Å². The number of likely N-dealkylation sites (tertiary alicyclic amines) is 1. The van der Waals surface area contributed by atoms with E-state index in [1.165, 1.54) is 5.56 Å². The molecule has 3 heterocycles. The van der Waals surface area contributed by atoms with Gasteiger partial charge in [0.25, 0.3) is 0 Å². The SMILES string of the molecule is CCCn1cnnc1[C@@H]1CCCCN1C(=O)CCc1c(C)nn(C)c1C. The van der Waals surface area contributed by atoms with Gasteiger partial charge in [0.2, 0.25) is 5.91 Å². The first-order valence-corrected chi connectivity index (χ1v) is 9.69. The number of piperidine rings is 1. The first kappa shape index (κ1) is 18.6. The van der Waals surface area contributed by atoms with Crippen LogP contribution in [0, 0.1) is 13.8 Å². The summed E-state index contributed by atoms with van der Waals surface area (Å²) in [6.07, 6.45) is 7.26. The predicted octanol–water partition coefficient (Wildman–Crippen LogP) is 2.72. The van der Waals surface area contributed by atoms with Gasteiger partial charge in [0.1, 0.15) is 6.33 Å². The van der Waals surface area contributed by atoms with E-state index in [4.69, 9.17) is 0 Å². The molecule has 142 valence electrons. The van der Waals surface area contributed by atoms with Crippen molar-refractivity contribution in [2.75, 3.05) is 6.54 Å². The first-order chi connectivity index (χ1) is 12.5. The van der Waals surface area contributed by atoms with Crippen molar-refractivity contribution in [2.24, 2.45) is 7.05 Å². The number of hydrogen-bond donors (Lipinski definition) is 0. The Morgan fingerprint density at radius 3 is 2.81 bits per heavy atom. The van der Waals surface area contributed by atoms with Crippen molar-refractivity contribution in [1.82, 2.24) is 29.4 Å². The van der Waals surface area contributed by atoms with Crippen molar-refractivity contribution in [3.8, 4) is 0 Å². The second-order valence-corrected chi connectivity index (χ2v) is 7.25. The highest BCUT2D eigenvalue weighted by Crippen LogP contribution is 2.30. The Kier molecular flexibility index (Phi) is 5.74. The Morgan fingerprint density at radius 2 is 2.12 bits per heavy atom. The summed E-state index contributed by atoms with van der Waals surface area (Å²) < 4.78 is 4.00. The van der Waals surface area contributed by atoms with E-state index in [1.807, 2.05) is 23.6 Å². The van der Waals surface area contributed by atoms with Gasteiger partial charge in [0.15, 0.2) is 5.82 Å². The van der Waals surface area contributed by atoms with Crippen LogP contribution in [0.3, 0.4) is 0 Å². The molecular formula is C19H30N6O. The average molecular weight is 358 g/mol. The van der Waals surface area contributed by atoms with Crippen molar-refractivity contribution in [3.05, 3.63) is 29.1 Å². The van der Waals surface area contributed by atoms with Gasteiger partial charge in [-0.2, -0.15) is 5.10 Å². The van der Waals surface area contributed by atoms with Crippen LogP contribution in [-0.2, 0) is 24.8 Å². The van der Waals surface area contributed by atoms with Crippen LogP contribution in [0.15, 0.2) is 6.33 Å². The molecule has 1 fully saturated rings. The molecule has 7 nitrogen and oxygen atoms in total. The summed E-state index contributed by atoms with van der Waals surface area (Å²) in [6.45, 7) is 7.94. The van der Waals surface area contributed by atoms with Crippen LogP contribution >= 0.6 is 0 Å². The minimum absolute atomic E-state index is 0.0568. The monoisotopic (exact) mass is 358 g/mol. The molecule has 0 aromatic carbocycles. The van der Waals surface area contributed by atoms with Gasteiger partial charge in [0.05, 0.1) is 11.7 Å². The standard InChI is InChI=1S/C19H30N6O/c1-5-11-24-13-20-21-19(24)17-8-6-7-12-25(17)18(26)10-9-16-14(2)22-23(4)15(16)3/h13,17H,5-12H2,1-4H3/t17-/m0/s1. The van der Waals surface area contributed by atoms with Gasteiger partial charge < -0.3 is 9.47 Å². The number of hydrogen-bond acceptors (Lipinski definition) is 4. The maximum absolute atomic E-state index is 13.0. The third kappa shape index (κ3) is 3.66. The zero-order valence-corrected chi connectivity index (χ0v) is 16.4. The molecule has 1 aliphatic rings. The van der Waals surface area contributed by atoms with Crippen LogP contribution in [0.5, 0.6) is 0 Å². The average Bonchev–Trinajstić information content (AvgIpc) is 3.18. The molecule has 3 rings (SSSR count). The first-order valence-electron chi connectivity index (χ1n) is 9.69. The summed E-state index contributed by atoms with van der Waals surface area (Å²) in [6, 6.07) is 0.0568. The highest BCUT2D eigenvalue weighted by atomic mass is 16.2. The van der Waals surface area contributed by atoms with Crippen LogP contribution < -0.4 is 0 Å². The summed E-state index contributed by atoms with van der Waals surface area (Å²) in [4.78, 5) is 15.0. The molecule has 0 spiro atoms. The van der Waals surface area contributed by atoms with Crippen LogP contribution in [0.1, 0.15) is 67.8 Å². The molecule has 0 aliphatic carbocycles. The summed E-state index contributed by atoms with van der Waals surface area (Å²) >= 11 is 0. The van der Waals surface area contributed by atoms with E-state index < -0.39 is 0 Å². The molecule has 1 aliphatic heterocycles. The Morgan fingerprint density at radius 1 is 1.31 bits per heavy atom.